The highest BCUT2D eigenvalue weighted by molar-refractivity contribution is 5.92. The second-order valence-corrected chi connectivity index (χ2v) is 9.33. The van der Waals surface area contributed by atoms with Crippen molar-refractivity contribution in [3.05, 3.63) is 0 Å². The number of fused-ring (bicyclic) bond motifs is 1. The van der Waals surface area contributed by atoms with Crippen LogP contribution in [0.15, 0.2) is 0 Å². The van der Waals surface area contributed by atoms with Gasteiger partial charge in [-0.25, -0.2) is 4.79 Å². The van der Waals surface area contributed by atoms with Crippen molar-refractivity contribution >= 4 is 23.7 Å². The molecule has 0 radical (unpaired) electrons. The van der Waals surface area contributed by atoms with Gasteiger partial charge in [0.2, 0.25) is 11.8 Å². The topological polar surface area (TPSA) is 152 Å². The number of alkyl carbamates (subject to hydrolysis) is 1. The number of hydrogen-bond donors (Lipinski definition) is 4. The lowest BCUT2D eigenvalue weighted by atomic mass is 9.96. The number of carbonyl (C=O) groups is 4. The van der Waals surface area contributed by atoms with Crippen molar-refractivity contribution in [3.63, 3.8) is 0 Å². The van der Waals surface area contributed by atoms with E-state index in [-0.39, 0.29) is 43.0 Å². The normalized spacial score (nSPS) is 28.2. The van der Waals surface area contributed by atoms with Crippen LogP contribution in [0, 0.1) is 17.8 Å². The first-order valence-corrected chi connectivity index (χ1v) is 11.7. The molecule has 3 amide bonds. The van der Waals surface area contributed by atoms with Gasteiger partial charge in [0.05, 0.1) is 25.2 Å². The fourth-order valence-electron chi connectivity index (χ4n) is 4.55. The average molecular weight is 470 g/mol. The van der Waals surface area contributed by atoms with Gasteiger partial charge in [0.25, 0.3) is 0 Å². The van der Waals surface area contributed by atoms with E-state index in [1.165, 1.54) is 0 Å². The van der Waals surface area contributed by atoms with E-state index in [0.717, 1.165) is 6.42 Å². The second-order valence-electron chi connectivity index (χ2n) is 9.33. The summed E-state index contributed by atoms with van der Waals surface area (Å²) in [7, 11) is 0. The summed E-state index contributed by atoms with van der Waals surface area (Å²) >= 11 is 0. The highest BCUT2D eigenvalue weighted by Crippen LogP contribution is 2.33. The Kier molecular flexibility index (Phi) is 9.04. The quantitative estimate of drug-likeness (QED) is 0.326. The van der Waals surface area contributed by atoms with E-state index in [1.807, 2.05) is 13.8 Å². The van der Waals surface area contributed by atoms with Crippen molar-refractivity contribution < 1.29 is 38.5 Å². The zero-order chi connectivity index (χ0) is 24.0. The summed E-state index contributed by atoms with van der Waals surface area (Å²) in [4.78, 5) is 49.6. The number of amides is 3. The van der Waals surface area contributed by atoms with Crippen LogP contribution >= 0.6 is 0 Å². The molecule has 11 heteroatoms. The lowest BCUT2D eigenvalue weighted by Gasteiger charge is -2.25. The van der Waals surface area contributed by atoms with Crippen LogP contribution in [0.2, 0.25) is 0 Å². The van der Waals surface area contributed by atoms with E-state index < -0.39 is 42.6 Å². The van der Waals surface area contributed by atoms with Gasteiger partial charge in [-0.3, -0.25) is 14.4 Å². The lowest BCUT2D eigenvalue weighted by Crippen LogP contribution is -2.53. The number of Topliss-reactive ketones (excluding diaryl/α,β-unsaturated/α-hetero) is 1. The van der Waals surface area contributed by atoms with Crippen LogP contribution in [-0.2, 0) is 28.6 Å². The van der Waals surface area contributed by atoms with Crippen LogP contribution in [0.5, 0.6) is 0 Å². The largest absolute Gasteiger partial charge is 0.443 e. The number of hydrogen-bond acceptors (Lipinski definition) is 8. The van der Waals surface area contributed by atoms with Gasteiger partial charge in [0.15, 0.2) is 12.1 Å². The van der Waals surface area contributed by atoms with Crippen molar-refractivity contribution in [2.24, 2.45) is 17.8 Å². The molecule has 0 aromatic heterocycles. The minimum atomic E-state index is -0.942. The molecule has 3 rings (SSSR count). The fraction of sp³-hybridized carbons (Fsp3) is 0.818. The van der Waals surface area contributed by atoms with E-state index in [4.69, 9.17) is 14.2 Å². The van der Waals surface area contributed by atoms with E-state index in [0.29, 0.717) is 32.4 Å². The number of aliphatic hydroxyl groups excluding tert-OH is 1. The van der Waals surface area contributed by atoms with Gasteiger partial charge in [-0.1, -0.05) is 13.8 Å². The van der Waals surface area contributed by atoms with Crippen LogP contribution < -0.4 is 16.0 Å². The van der Waals surface area contributed by atoms with Crippen LogP contribution in [-0.4, -0.2) is 79.6 Å². The number of rotatable bonds is 11. The van der Waals surface area contributed by atoms with Crippen molar-refractivity contribution in [2.45, 2.75) is 70.4 Å². The number of carbonyl (C=O) groups excluding carboxylic acids is 4. The molecule has 0 aliphatic carbocycles. The number of ether oxygens (including phenoxy) is 3. The molecule has 3 heterocycles. The lowest BCUT2D eigenvalue weighted by molar-refractivity contribution is -0.130. The summed E-state index contributed by atoms with van der Waals surface area (Å²) in [6, 6.07) is -1.86. The Bertz CT molecular complexity index is 730. The Morgan fingerprint density at radius 2 is 1.97 bits per heavy atom. The second kappa shape index (κ2) is 11.8. The molecule has 11 nitrogen and oxygen atoms in total. The molecule has 3 fully saturated rings. The molecular formula is C22H35N3O8. The predicted octanol–water partition coefficient (Wildman–Crippen LogP) is -0.149. The molecule has 0 spiro atoms. The summed E-state index contributed by atoms with van der Waals surface area (Å²) < 4.78 is 16.4. The number of nitrogens with one attached hydrogen (secondary N) is 3. The highest BCUT2D eigenvalue weighted by atomic mass is 16.7. The van der Waals surface area contributed by atoms with Crippen molar-refractivity contribution in [3.8, 4) is 0 Å². The van der Waals surface area contributed by atoms with E-state index in [1.54, 1.807) is 0 Å². The van der Waals surface area contributed by atoms with Gasteiger partial charge in [-0.05, 0) is 38.0 Å². The molecule has 0 saturated carbocycles. The van der Waals surface area contributed by atoms with Crippen molar-refractivity contribution in [1.82, 2.24) is 16.0 Å². The van der Waals surface area contributed by atoms with Crippen LogP contribution in [0.25, 0.3) is 0 Å². The van der Waals surface area contributed by atoms with Gasteiger partial charge < -0.3 is 35.3 Å². The van der Waals surface area contributed by atoms with E-state index >= 15 is 0 Å². The third kappa shape index (κ3) is 6.87. The first kappa shape index (κ1) is 25.4. The summed E-state index contributed by atoms with van der Waals surface area (Å²) in [6.07, 6.45) is 0.860. The summed E-state index contributed by atoms with van der Waals surface area (Å²) in [5.41, 5.74) is 0. The maximum absolute atomic E-state index is 13.0. The summed E-state index contributed by atoms with van der Waals surface area (Å²) in [5, 5.41) is 17.3. The van der Waals surface area contributed by atoms with Crippen molar-refractivity contribution in [1.29, 1.82) is 0 Å². The van der Waals surface area contributed by atoms with Crippen LogP contribution in [0.4, 0.5) is 4.79 Å². The molecular weight excluding hydrogens is 434 g/mol. The van der Waals surface area contributed by atoms with Gasteiger partial charge in [0, 0.05) is 12.5 Å². The van der Waals surface area contributed by atoms with Crippen molar-refractivity contribution in [2.75, 3.05) is 26.4 Å². The zero-order valence-electron chi connectivity index (χ0n) is 19.2. The average Bonchev–Trinajstić information content (AvgIpc) is 3.48. The van der Waals surface area contributed by atoms with Gasteiger partial charge >= 0.3 is 6.09 Å². The van der Waals surface area contributed by atoms with E-state index in [2.05, 4.69) is 16.0 Å². The number of aliphatic hydroxyl groups is 1. The first-order chi connectivity index (χ1) is 15.8. The third-order valence-electron chi connectivity index (χ3n) is 6.39. The Morgan fingerprint density at radius 1 is 1.18 bits per heavy atom. The molecule has 3 saturated heterocycles. The SMILES string of the molecule is CC(C)C[C@H](NC(=O)O[C@H]1CO[C@H]2OCC[C@H]21)C(=O)N[C@@H](CC[C@@H]1CCNC1=O)C(=O)CO. The molecule has 186 valence electrons. The van der Waals surface area contributed by atoms with Gasteiger partial charge in [-0.2, -0.15) is 0 Å². The zero-order valence-corrected chi connectivity index (χ0v) is 19.2. The maximum atomic E-state index is 13.0. The Labute approximate surface area is 193 Å². The number of ketones is 1. The van der Waals surface area contributed by atoms with Gasteiger partial charge in [0.1, 0.15) is 18.8 Å². The van der Waals surface area contributed by atoms with Gasteiger partial charge in [-0.15, -0.1) is 0 Å². The van der Waals surface area contributed by atoms with E-state index in [9.17, 15) is 24.3 Å². The molecule has 0 aromatic carbocycles. The highest BCUT2D eigenvalue weighted by Gasteiger charge is 2.44. The molecule has 4 N–H and O–H groups in total. The smallest absolute Gasteiger partial charge is 0.408 e. The Morgan fingerprint density at radius 3 is 2.64 bits per heavy atom. The Hall–Kier alpha value is -2.24. The molecule has 3 aliphatic rings. The predicted molar refractivity (Wildman–Crippen MR) is 115 cm³/mol. The monoisotopic (exact) mass is 469 g/mol. The Balaban J connectivity index is 1.56. The minimum absolute atomic E-state index is 0.0209. The van der Waals surface area contributed by atoms with Crippen LogP contribution in [0.3, 0.4) is 0 Å². The third-order valence-corrected chi connectivity index (χ3v) is 6.39. The summed E-state index contributed by atoms with van der Waals surface area (Å²) in [5.74, 6) is -1.29. The molecule has 0 bridgehead atoms. The molecule has 0 unspecified atom stereocenters. The first-order valence-electron chi connectivity index (χ1n) is 11.7. The maximum Gasteiger partial charge on any atom is 0.408 e. The molecule has 3 aliphatic heterocycles. The standard InChI is InChI=1S/C22H35N3O8/c1-12(2)9-16(25-22(30)33-18-11-32-21-14(18)6-8-31-21)20(29)24-15(17(27)10-26)4-3-13-5-7-23-19(13)28/h12-16,18,21,26H,3-11H2,1-2H3,(H,23,28)(H,24,29)(H,25,30)/t13-,14+,15+,16+,18+,21-/m1/s1. The molecule has 6 atom stereocenters. The minimum Gasteiger partial charge on any atom is -0.443 e. The van der Waals surface area contributed by atoms with Crippen LogP contribution in [0.1, 0.15) is 46.0 Å². The molecule has 0 aromatic rings. The fourth-order valence-corrected chi connectivity index (χ4v) is 4.55. The summed E-state index contributed by atoms with van der Waals surface area (Å²) in [6.45, 7) is 4.49. The molecule has 33 heavy (non-hydrogen) atoms.